The van der Waals surface area contributed by atoms with Crippen molar-refractivity contribution >= 4 is 0 Å². The molecular formula is C14H11F3O2. The predicted molar refractivity (Wildman–Crippen MR) is 63.9 cm³/mol. The van der Waals surface area contributed by atoms with E-state index in [1.807, 2.05) is 30.3 Å². The quantitative estimate of drug-likeness (QED) is 0.912. The molecule has 0 heterocycles. The average molecular weight is 268 g/mol. The first-order valence-corrected chi connectivity index (χ1v) is 5.54. The number of benzene rings is 2. The molecule has 0 saturated carbocycles. The average Bonchev–Trinajstić information content (AvgIpc) is 2.37. The minimum atomic E-state index is -4.60. The number of aromatic hydroxyl groups is 1. The Morgan fingerprint density at radius 3 is 2.32 bits per heavy atom. The van der Waals surface area contributed by atoms with Crippen molar-refractivity contribution in [3.05, 3.63) is 59.7 Å². The summed E-state index contributed by atoms with van der Waals surface area (Å²) >= 11 is 0. The summed E-state index contributed by atoms with van der Waals surface area (Å²) < 4.78 is 43.0. The van der Waals surface area contributed by atoms with E-state index in [2.05, 4.69) is 0 Å². The van der Waals surface area contributed by atoms with Crippen molar-refractivity contribution < 1.29 is 23.0 Å². The lowest BCUT2D eigenvalue weighted by molar-refractivity contribution is -0.138. The van der Waals surface area contributed by atoms with Gasteiger partial charge in [0.2, 0.25) is 0 Å². The smallest absolute Gasteiger partial charge is 0.420 e. The maximum atomic E-state index is 12.6. The first kappa shape index (κ1) is 13.3. The number of phenolic OH excluding ortho intramolecular Hbond substituents is 1. The van der Waals surface area contributed by atoms with E-state index in [1.165, 1.54) is 6.07 Å². The van der Waals surface area contributed by atoms with Crippen LogP contribution in [0.4, 0.5) is 13.2 Å². The first-order chi connectivity index (χ1) is 8.97. The topological polar surface area (TPSA) is 29.5 Å². The molecule has 0 aromatic heterocycles. The number of halogens is 3. The Morgan fingerprint density at radius 2 is 1.68 bits per heavy atom. The van der Waals surface area contributed by atoms with Crippen LogP contribution in [0.15, 0.2) is 48.5 Å². The van der Waals surface area contributed by atoms with Gasteiger partial charge in [0, 0.05) is 0 Å². The van der Waals surface area contributed by atoms with Gasteiger partial charge in [0.05, 0.1) is 0 Å². The standard InChI is InChI=1S/C14H11F3O2/c15-14(16,17)12-8-11(6-7-13(12)18)19-9-10-4-2-1-3-5-10/h1-8,18H,9H2. The van der Waals surface area contributed by atoms with Gasteiger partial charge in [0.15, 0.2) is 0 Å². The minimum Gasteiger partial charge on any atom is -0.507 e. The van der Waals surface area contributed by atoms with Gasteiger partial charge in [-0.3, -0.25) is 0 Å². The molecule has 0 amide bonds. The third kappa shape index (κ3) is 3.40. The minimum absolute atomic E-state index is 0.0639. The molecule has 2 rings (SSSR count). The highest BCUT2D eigenvalue weighted by Crippen LogP contribution is 2.37. The number of alkyl halides is 3. The highest BCUT2D eigenvalue weighted by atomic mass is 19.4. The SMILES string of the molecule is Oc1ccc(OCc2ccccc2)cc1C(F)(F)F. The van der Waals surface area contributed by atoms with E-state index in [-0.39, 0.29) is 12.4 Å². The Balaban J connectivity index is 2.14. The lowest BCUT2D eigenvalue weighted by Crippen LogP contribution is -2.06. The van der Waals surface area contributed by atoms with Gasteiger partial charge in [-0.25, -0.2) is 0 Å². The third-order valence-electron chi connectivity index (χ3n) is 2.52. The molecule has 19 heavy (non-hydrogen) atoms. The van der Waals surface area contributed by atoms with Crippen LogP contribution >= 0.6 is 0 Å². The summed E-state index contributed by atoms with van der Waals surface area (Å²) in [5.74, 6) is -0.742. The van der Waals surface area contributed by atoms with Gasteiger partial charge in [0.25, 0.3) is 0 Å². The monoisotopic (exact) mass is 268 g/mol. The molecule has 0 saturated heterocycles. The molecule has 100 valence electrons. The van der Waals surface area contributed by atoms with Crippen LogP contribution in [0, 0.1) is 0 Å². The zero-order valence-electron chi connectivity index (χ0n) is 9.82. The van der Waals surface area contributed by atoms with Crippen LogP contribution in [0.25, 0.3) is 0 Å². The van der Waals surface area contributed by atoms with Crippen molar-refractivity contribution in [1.82, 2.24) is 0 Å². The summed E-state index contributed by atoms with van der Waals surface area (Å²) in [5, 5.41) is 9.18. The zero-order chi connectivity index (χ0) is 13.9. The van der Waals surface area contributed by atoms with Gasteiger partial charge in [-0.05, 0) is 23.8 Å². The second-order valence-corrected chi connectivity index (χ2v) is 3.95. The van der Waals surface area contributed by atoms with Crippen molar-refractivity contribution in [3.8, 4) is 11.5 Å². The maximum Gasteiger partial charge on any atom is 0.420 e. The number of hydrogen-bond donors (Lipinski definition) is 1. The molecule has 0 fully saturated rings. The lowest BCUT2D eigenvalue weighted by atomic mass is 10.2. The fraction of sp³-hybridized carbons (Fsp3) is 0.143. The van der Waals surface area contributed by atoms with Crippen molar-refractivity contribution in [1.29, 1.82) is 0 Å². The number of rotatable bonds is 3. The van der Waals surface area contributed by atoms with E-state index >= 15 is 0 Å². The van der Waals surface area contributed by atoms with Crippen LogP contribution in [0.5, 0.6) is 11.5 Å². The first-order valence-electron chi connectivity index (χ1n) is 5.54. The zero-order valence-corrected chi connectivity index (χ0v) is 9.82. The Bertz CT molecular complexity index is 550. The molecule has 0 spiro atoms. The Hall–Kier alpha value is -2.17. The highest BCUT2D eigenvalue weighted by Gasteiger charge is 2.34. The fourth-order valence-corrected chi connectivity index (χ4v) is 1.57. The molecule has 0 atom stereocenters. The molecule has 0 aliphatic carbocycles. The third-order valence-corrected chi connectivity index (χ3v) is 2.52. The summed E-state index contributed by atoms with van der Waals surface area (Å²) in [5.41, 5.74) is -0.248. The van der Waals surface area contributed by atoms with E-state index in [0.29, 0.717) is 0 Å². The predicted octanol–water partition coefficient (Wildman–Crippen LogP) is 3.99. The molecule has 0 radical (unpaired) electrons. The number of hydrogen-bond acceptors (Lipinski definition) is 2. The van der Waals surface area contributed by atoms with E-state index in [4.69, 9.17) is 4.74 Å². The second-order valence-electron chi connectivity index (χ2n) is 3.95. The van der Waals surface area contributed by atoms with Crippen molar-refractivity contribution in [2.45, 2.75) is 12.8 Å². The molecule has 0 aliphatic rings. The Labute approximate surface area is 108 Å². The van der Waals surface area contributed by atoms with E-state index in [1.54, 1.807) is 0 Å². The number of ether oxygens (including phenoxy) is 1. The van der Waals surface area contributed by atoms with Crippen molar-refractivity contribution in [2.24, 2.45) is 0 Å². The van der Waals surface area contributed by atoms with Gasteiger partial charge in [-0.2, -0.15) is 13.2 Å². The molecule has 0 unspecified atom stereocenters. The van der Waals surface area contributed by atoms with Crippen LogP contribution in [0.3, 0.4) is 0 Å². The summed E-state index contributed by atoms with van der Waals surface area (Å²) in [6, 6.07) is 12.2. The van der Waals surface area contributed by atoms with Crippen LogP contribution in [0.2, 0.25) is 0 Å². The van der Waals surface area contributed by atoms with E-state index in [9.17, 15) is 18.3 Å². The summed E-state index contributed by atoms with van der Waals surface area (Å²) in [6.45, 7) is 0.170. The normalized spacial score (nSPS) is 11.3. The molecule has 2 nitrogen and oxygen atoms in total. The van der Waals surface area contributed by atoms with E-state index < -0.39 is 17.5 Å². The Kier molecular flexibility index (Phi) is 3.64. The molecule has 2 aromatic rings. The Morgan fingerprint density at radius 1 is 1.00 bits per heavy atom. The number of phenols is 1. The van der Waals surface area contributed by atoms with Crippen LogP contribution in [-0.4, -0.2) is 5.11 Å². The largest absolute Gasteiger partial charge is 0.507 e. The highest BCUT2D eigenvalue weighted by molar-refractivity contribution is 5.41. The second kappa shape index (κ2) is 5.22. The van der Waals surface area contributed by atoms with Crippen molar-refractivity contribution in [3.63, 3.8) is 0 Å². The fourth-order valence-electron chi connectivity index (χ4n) is 1.57. The molecular weight excluding hydrogens is 257 g/mol. The molecule has 0 aliphatic heterocycles. The molecule has 1 N–H and O–H groups in total. The van der Waals surface area contributed by atoms with Gasteiger partial charge >= 0.3 is 6.18 Å². The molecule has 0 bridgehead atoms. The summed E-state index contributed by atoms with van der Waals surface area (Å²) in [7, 11) is 0. The summed E-state index contributed by atoms with van der Waals surface area (Å²) in [4.78, 5) is 0. The molecule has 2 aromatic carbocycles. The summed E-state index contributed by atoms with van der Waals surface area (Å²) in [6.07, 6.45) is -4.60. The lowest BCUT2D eigenvalue weighted by Gasteiger charge is -2.12. The van der Waals surface area contributed by atoms with Gasteiger partial charge in [-0.15, -0.1) is 0 Å². The van der Waals surface area contributed by atoms with Crippen LogP contribution in [0.1, 0.15) is 11.1 Å². The van der Waals surface area contributed by atoms with Crippen LogP contribution < -0.4 is 4.74 Å². The van der Waals surface area contributed by atoms with Crippen molar-refractivity contribution in [2.75, 3.05) is 0 Å². The van der Waals surface area contributed by atoms with Crippen LogP contribution in [-0.2, 0) is 12.8 Å². The van der Waals surface area contributed by atoms with Gasteiger partial charge in [0.1, 0.15) is 23.7 Å². The van der Waals surface area contributed by atoms with Gasteiger partial charge < -0.3 is 9.84 Å². The molecule has 5 heteroatoms. The van der Waals surface area contributed by atoms with Gasteiger partial charge in [-0.1, -0.05) is 30.3 Å². The maximum absolute atomic E-state index is 12.6. The van der Waals surface area contributed by atoms with E-state index in [0.717, 1.165) is 17.7 Å².